The SMILES string of the molecule is Cc1cc(C)cc(OC(=O)N(C)SN(C)C(=O)NOCC(Cl)(Cl)Cl)c1. The number of urea groups is 1. The van der Waals surface area contributed by atoms with Gasteiger partial charge in [-0.15, -0.1) is 0 Å². The van der Waals surface area contributed by atoms with E-state index in [1.807, 2.05) is 19.9 Å². The number of ether oxygens (including phenoxy) is 1. The lowest BCUT2D eigenvalue weighted by molar-refractivity contribution is 0.0601. The van der Waals surface area contributed by atoms with Crippen molar-refractivity contribution in [2.24, 2.45) is 0 Å². The van der Waals surface area contributed by atoms with Gasteiger partial charge in [-0.05, 0) is 37.1 Å². The molecular formula is C14H18Cl3N3O4S. The molecule has 11 heteroatoms. The molecule has 0 aliphatic carbocycles. The summed E-state index contributed by atoms with van der Waals surface area (Å²) >= 11 is 17.3. The Morgan fingerprint density at radius 2 is 1.68 bits per heavy atom. The molecule has 0 saturated carbocycles. The molecule has 0 aliphatic rings. The highest BCUT2D eigenvalue weighted by atomic mass is 35.6. The largest absolute Gasteiger partial charge is 0.426 e. The number of nitrogens with one attached hydrogen (secondary N) is 1. The third-order valence-electron chi connectivity index (χ3n) is 2.58. The van der Waals surface area contributed by atoms with Crippen LogP contribution in [0.15, 0.2) is 18.2 Å². The number of amides is 3. The van der Waals surface area contributed by atoms with Gasteiger partial charge in [0.05, 0.1) is 12.1 Å². The highest BCUT2D eigenvalue weighted by molar-refractivity contribution is 7.95. The van der Waals surface area contributed by atoms with Crippen LogP contribution >= 0.6 is 46.9 Å². The zero-order chi connectivity index (χ0) is 19.2. The highest BCUT2D eigenvalue weighted by Gasteiger charge is 2.22. The van der Waals surface area contributed by atoms with E-state index in [9.17, 15) is 9.59 Å². The van der Waals surface area contributed by atoms with Gasteiger partial charge in [0.15, 0.2) is 0 Å². The van der Waals surface area contributed by atoms with Crippen LogP contribution in [0.5, 0.6) is 5.75 Å². The van der Waals surface area contributed by atoms with Crippen LogP contribution in [-0.4, -0.2) is 45.2 Å². The zero-order valence-electron chi connectivity index (χ0n) is 14.0. The Labute approximate surface area is 165 Å². The minimum Gasteiger partial charge on any atom is -0.410 e. The third-order valence-corrected chi connectivity index (χ3v) is 3.72. The van der Waals surface area contributed by atoms with E-state index in [0.29, 0.717) is 5.75 Å². The van der Waals surface area contributed by atoms with E-state index >= 15 is 0 Å². The maximum Gasteiger partial charge on any atom is 0.426 e. The summed E-state index contributed by atoms with van der Waals surface area (Å²) in [6, 6.07) is 4.80. The van der Waals surface area contributed by atoms with Crippen molar-refractivity contribution in [3.63, 3.8) is 0 Å². The molecule has 25 heavy (non-hydrogen) atoms. The first-order valence-corrected chi connectivity index (χ1v) is 8.78. The van der Waals surface area contributed by atoms with E-state index in [1.54, 1.807) is 12.1 Å². The number of hydrogen-bond donors (Lipinski definition) is 1. The fourth-order valence-corrected chi connectivity index (χ4v) is 2.40. The van der Waals surface area contributed by atoms with Crippen molar-refractivity contribution >= 4 is 59.1 Å². The number of nitrogens with zero attached hydrogens (tertiary/aromatic N) is 2. The number of hydroxylamine groups is 1. The summed E-state index contributed by atoms with van der Waals surface area (Å²) in [6.45, 7) is 3.47. The summed E-state index contributed by atoms with van der Waals surface area (Å²) < 4.78 is 5.88. The molecule has 7 nitrogen and oxygen atoms in total. The molecule has 0 spiro atoms. The van der Waals surface area contributed by atoms with Gasteiger partial charge in [0, 0.05) is 14.1 Å². The van der Waals surface area contributed by atoms with Crippen LogP contribution in [0.4, 0.5) is 9.59 Å². The average molecular weight is 431 g/mol. The van der Waals surface area contributed by atoms with Crippen molar-refractivity contribution in [1.82, 2.24) is 14.1 Å². The average Bonchev–Trinajstić information content (AvgIpc) is 2.44. The van der Waals surface area contributed by atoms with Crippen LogP contribution in [-0.2, 0) is 4.84 Å². The van der Waals surface area contributed by atoms with Crippen molar-refractivity contribution in [3.05, 3.63) is 29.3 Å². The number of rotatable bonds is 5. The summed E-state index contributed by atoms with van der Waals surface area (Å²) in [4.78, 5) is 28.6. The molecule has 0 heterocycles. The number of halogens is 3. The van der Waals surface area contributed by atoms with Crippen molar-refractivity contribution in [3.8, 4) is 5.75 Å². The van der Waals surface area contributed by atoms with E-state index in [2.05, 4.69) is 5.48 Å². The Morgan fingerprint density at radius 3 is 2.20 bits per heavy atom. The standard InChI is InChI=1S/C14H18Cl3N3O4S/c1-9-5-10(2)7-11(6-9)24-13(22)20(4)25-19(3)12(21)18-23-8-14(15,16)17/h5-7H,8H2,1-4H3,(H,18,21). The fourth-order valence-electron chi connectivity index (χ4n) is 1.65. The van der Waals surface area contributed by atoms with Gasteiger partial charge in [0.25, 0.3) is 0 Å². The fraction of sp³-hybridized carbons (Fsp3) is 0.429. The third kappa shape index (κ3) is 8.73. The Morgan fingerprint density at radius 1 is 1.12 bits per heavy atom. The molecule has 0 bridgehead atoms. The van der Waals surface area contributed by atoms with Gasteiger partial charge in [-0.3, -0.25) is 9.14 Å². The molecule has 0 aliphatic heterocycles. The normalized spacial score (nSPS) is 11.0. The first-order valence-electron chi connectivity index (χ1n) is 6.92. The summed E-state index contributed by atoms with van der Waals surface area (Å²) in [6.07, 6.45) is -0.642. The number of benzene rings is 1. The van der Waals surface area contributed by atoms with E-state index in [4.69, 9.17) is 44.4 Å². The van der Waals surface area contributed by atoms with Crippen LogP contribution in [0, 0.1) is 13.8 Å². The molecule has 0 radical (unpaired) electrons. The molecule has 0 saturated heterocycles. The number of carbonyl (C=O) groups is 2. The van der Waals surface area contributed by atoms with Crippen molar-refractivity contribution in [2.45, 2.75) is 17.6 Å². The molecule has 1 rings (SSSR count). The van der Waals surface area contributed by atoms with Crippen LogP contribution in [0.25, 0.3) is 0 Å². The van der Waals surface area contributed by atoms with Crippen LogP contribution < -0.4 is 10.2 Å². The van der Waals surface area contributed by atoms with Gasteiger partial charge < -0.3 is 4.74 Å². The zero-order valence-corrected chi connectivity index (χ0v) is 17.1. The van der Waals surface area contributed by atoms with Gasteiger partial charge in [0.1, 0.15) is 12.4 Å². The van der Waals surface area contributed by atoms with Crippen molar-refractivity contribution in [2.75, 3.05) is 20.7 Å². The molecule has 0 unspecified atom stereocenters. The van der Waals surface area contributed by atoms with E-state index in [0.717, 1.165) is 31.9 Å². The number of alkyl halides is 3. The Hall–Kier alpha value is -1.06. The van der Waals surface area contributed by atoms with Crippen molar-refractivity contribution < 1.29 is 19.2 Å². The minimum atomic E-state index is -1.65. The molecule has 1 N–H and O–H groups in total. The quantitative estimate of drug-likeness (QED) is 0.430. The predicted molar refractivity (Wildman–Crippen MR) is 99.8 cm³/mol. The topological polar surface area (TPSA) is 71.1 Å². The van der Waals surface area contributed by atoms with Gasteiger partial charge >= 0.3 is 12.1 Å². The van der Waals surface area contributed by atoms with Gasteiger partial charge in [-0.25, -0.2) is 19.4 Å². The second-order valence-electron chi connectivity index (χ2n) is 5.08. The van der Waals surface area contributed by atoms with Crippen LogP contribution in [0.3, 0.4) is 0 Å². The number of hydrogen-bond acceptors (Lipinski definition) is 5. The molecular weight excluding hydrogens is 413 g/mol. The second-order valence-corrected chi connectivity index (χ2v) is 8.85. The first kappa shape index (κ1) is 22.0. The first-order chi connectivity index (χ1) is 11.5. The summed E-state index contributed by atoms with van der Waals surface area (Å²) in [7, 11) is 2.89. The highest BCUT2D eigenvalue weighted by Crippen LogP contribution is 2.25. The van der Waals surface area contributed by atoms with Gasteiger partial charge in [-0.2, -0.15) is 0 Å². The summed E-state index contributed by atoms with van der Waals surface area (Å²) in [5.74, 6) is 0.424. The molecule has 0 fully saturated rings. The van der Waals surface area contributed by atoms with Gasteiger partial charge in [-0.1, -0.05) is 40.9 Å². The Bertz CT molecular complexity index is 608. The number of aryl methyl sites for hydroxylation is 2. The van der Waals surface area contributed by atoms with E-state index in [-0.39, 0.29) is 6.61 Å². The molecule has 0 aromatic heterocycles. The summed E-state index contributed by atoms with van der Waals surface area (Å²) in [5, 5.41) is 0. The van der Waals surface area contributed by atoms with Gasteiger partial charge in [0.2, 0.25) is 3.79 Å². The number of carbonyl (C=O) groups excluding carboxylic acids is 2. The molecule has 0 atom stereocenters. The van der Waals surface area contributed by atoms with Crippen LogP contribution in [0.2, 0.25) is 0 Å². The maximum atomic E-state index is 12.1. The smallest absolute Gasteiger partial charge is 0.410 e. The monoisotopic (exact) mass is 429 g/mol. The predicted octanol–water partition coefficient (Wildman–Crippen LogP) is 4.24. The minimum absolute atomic E-state index is 0.327. The lowest BCUT2D eigenvalue weighted by atomic mass is 10.1. The maximum absolute atomic E-state index is 12.1. The molecule has 140 valence electrons. The Balaban J connectivity index is 2.49. The molecule has 1 aromatic rings. The molecule has 1 aromatic carbocycles. The molecule has 3 amide bonds. The lowest BCUT2D eigenvalue weighted by Crippen LogP contribution is -2.38. The van der Waals surface area contributed by atoms with Crippen molar-refractivity contribution in [1.29, 1.82) is 0 Å². The Kier molecular flexibility index (Phi) is 8.43. The lowest BCUT2D eigenvalue weighted by Gasteiger charge is -2.22. The second kappa shape index (κ2) is 9.59. The summed E-state index contributed by atoms with van der Waals surface area (Å²) in [5.41, 5.74) is 4.03. The van der Waals surface area contributed by atoms with E-state index < -0.39 is 15.9 Å². The van der Waals surface area contributed by atoms with E-state index in [1.165, 1.54) is 14.1 Å². The van der Waals surface area contributed by atoms with Crippen LogP contribution in [0.1, 0.15) is 11.1 Å².